The Morgan fingerprint density at radius 2 is 1.85 bits per heavy atom. The number of esters is 1. The standard InChI is InChI=1S/C45H52FN3O11/c1-23-19-48(15-14-47(23)21-34-24(2)59-42(55)60-34)38-32(46)17-29-37(40(38)57-5)49(26-7-8-26)20-30(39(29)53)41(54)58-22-35(52)45(56)13-11-31-28-9-6-25-16-27(50)10-12-43(25,3)36(28)33(51)18-44(31,45)4/h10,12,16-17,20,23,26,28,31,33,36,51,56H,6-9,11,13-15,18-19,21-22H2,1-5H3/t23?,28-,31-,33-,36+,43-,44-,45-/m1/s1. The third kappa shape index (κ3) is 6.16. The summed E-state index contributed by atoms with van der Waals surface area (Å²) in [5.74, 6) is -2.56. The van der Waals surface area contributed by atoms with Gasteiger partial charge in [-0.05, 0) is 88.8 Å². The molecule has 3 aromatic rings. The molecule has 0 amide bonds. The number of nitrogens with zero attached hydrogens (tertiary/aromatic N) is 3. The number of aromatic nitrogens is 1. The van der Waals surface area contributed by atoms with E-state index < -0.39 is 58.0 Å². The van der Waals surface area contributed by atoms with Crippen molar-refractivity contribution in [1.82, 2.24) is 9.47 Å². The zero-order valence-corrected chi connectivity index (χ0v) is 34.6. The Bertz CT molecular complexity index is 2500. The van der Waals surface area contributed by atoms with Gasteiger partial charge in [-0.2, -0.15) is 0 Å². The highest BCUT2D eigenvalue weighted by Crippen LogP contribution is 2.67. The van der Waals surface area contributed by atoms with Gasteiger partial charge in [-0.15, -0.1) is 0 Å². The highest BCUT2D eigenvalue weighted by molar-refractivity contribution is 6.01. The second kappa shape index (κ2) is 14.4. The maximum atomic E-state index is 16.4. The molecule has 320 valence electrons. The summed E-state index contributed by atoms with van der Waals surface area (Å²) in [6, 6.07) is 0.947. The van der Waals surface area contributed by atoms with Crippen LogP contribution in [0.2, 0.25) is 0 Å². The number of fused-ring (bicyclic) bond motifs is 6. The molecular weight excluding hydrogens is 778 g/mol. The average Bonchev–Trinajstić information content (AvgIpc) is 3.94. The van der Waals surface area contributed by atoms with Crippen molar-refractivity contribution in [3.63, 3.8) is 0 Å². The van der Waals surface area contributed by atoms with E-state index in [1.54, 1.807) is 23.6 Å². The number of ether oxygens (including phenoxy) is 2. The van der Waals surface area contributed by atoms with E-state index in [1.807, 2.05) is 24.8 Å². The first-order valence-corrected chi connectivity index (χ1v) is 21.1. The van der Waals surface area contributed by atoms with Crippen molar-refractivity contribution in [1.29, 1.82) is 0 Å². The molecule has 1 unspecified atom stereocenters. The van der Waals surface area contributed by atoms with Crippen LogP contribution in [-0.2, 0) is 20.9 Å². The molecule has 1 saturated heterocycles. The Morgan fingerprint density at radius 3 is 2.53 bits per heavy atom. The first-order chi connectivity index (χ1) is 28.5. The van der Waals surface area contributed by atoms with E-state index in [9.17, 15) is 34.2 Å². The van der Waals surface area contributed by atoms with Crippen molar-refractivity contribution in [3.05, 3.63) is 79.8 Å². The van der Waals surface area contributed by atoms with Gasteiger partial charge in [0, 0.05) is 54.7 Å². The molecule has 2 aromatic heterocycles. The number of aliphatic hydroxyl groups excluding tert-OH is 1. The molecule has 1 aromatic carbocycles. The number of carbonyl (C=O) groups excluding carboxylic acids is 3. The number of halogens is 1. The number of hydrogen-bond donors (Lipinski definition) is 2. The molecule has 0 spiro atoms. The number of ketones is 2. The van der Waals surface area contributed by atoms with E-state index in [0.29, 0.717) is 56.1 Å². The number of aliphatic hydroxyl groups is 2. The highest BCUT2D eigenvalue weighted by Gasteiger charge is 2.68. The van der Waals surface area contributed by atoms with Gasteiger partial charge in [-0.25, -0.2) is 14.0 Å². The number of benzene rings is 1. The first kappa shape index (κ1) is 40.5. The van der Waals surface area contributed by atoms with Gasteiger partial charge in [-0.1, -0.05) is 25.5 Å². The lowest BCUT2D eigenvalue weighted by molar-refractivity contribution is -0.178. The number of allylic oxidation sites excluding steroid dienone is 4. The van der Waals surface area contributed by atoms with E-state index in [1.165, 1.54) is 13.3 Å². The van der Waals surface area contributed by atoms with E-state index in [2.05, 4.69) is 11.8 Å². The van der Waals surface area contributed by atoms with Crippen LogP contribution < -0.4 is 20.9 Å². The highest BCUT2D eigenvalue weighted by atomic mass is 19.1. The van der Waals surface area contributed by atoms with Gasteiger partial charge in [0.05, 0.1) is 30.7 Å². The van der Waals surface area contributed by atoms with E-state index in [4.69, 9.17) is 18.3 Å². The maximum absolute atomic E-state index is 16.4. The normalized spacial score (nSPS) is 32.7. The fourth-order valence-corrected chi connectivity index (χ4v) is 12.0. The van der Waals surface area contributed by atoms with Crippen LogP contribution in [0.25, 0.3) is 10.9 Å². The van der Waals surface area contributed by atoms with Crippen LogP contribution >= 0.6 is 0 Å². The SMILES string of the molecule is COc1c(N2CCN(Cc3oc(=O)oc3C)C(C)C2)c(F)cc2c(=O)c(C(=O)OCC(=O)[C@]3(O)CC[C@@H]4[C@H]5CCC6=CC(=O)C=C[C@@]6(C)[C@@H]5[C@H](O)C[C@]43C)cn(C3CC3)c12. The summed E-state index contributed by atoms with van der Waals surface area (Å²) in [7, 11) is 1.42. The van der Waals surface area contributed by atoms with Crippen molar-refractivity contribution < 1.29 is 47.3 Å². The molecular formula is C45H52FN3O11. The Balaban J connectivity index is 0.950. The van der Waals surface area contributed by atoms with Crippen molar-refractivity contribution in [3.8, 4) is 5.75 Å². The maximum Gasteiger partial charge on any atom is 0.519 e. The summed E-state index contributed by atoms with van der Waals surface area (Å²) in [4.78, 5) is 69.7. The summed E-state index contributed by atoms with van der Waals surface area (Å²) in [6.07, 6.45) is 9.45. The number of carbonyl (C=O) groups is 3. The van der Waals surface area contributed by atoms with Gasteiger partial charge in [-0.3, -0.25) is 19.3 Å². The summed E-state index contributed by atoms with van der Waals surface area (Å²) in [5.41, 5.74) is -2.98. The number of rotatable bonds is 9. The van der Waals surface area contributed by atoms with Crippen molar-refractivity contribution in [2.24, 2.45) is 28.6 Å². The zero-order chi connectivity index (χ0) is 42.6. The van der Waals surface area contributed by atoms with Gasteiger partial charge in [0.15, 0.2) is 29.7 Å². The molecule has 0 bridgehead atoms. The van der Waals surface area contributed by atoms with Crippen LogP contribution in [0.3, 0.4) is 0 Å². The third-order valence-corrected chi connectivity index (χ3v) is 15.3. The average molecular weight is 830 g/mol. The minimum atomic E-state index is -1.89. The van der Waals surface area contributed by atoms with Crippen LogP contribution in [-0.4, -0.2) is 88.3 Å². The Morgan fingerprint density at radius 1 is 1.08 bits per heavy atom. The predicted octanol–water partition coefficient (Wildman–Crippen LogP) is 4.79. The Labute approximate surface area is 345 Å². The second-order valence-electron chi connectivity index (χ2n) is 18.5. The predicted molar refractivity (Wildman–Crippen MR) is 215 cm³/mol. The van der Waals surface area contributed by atoms with Crippen LogP contribution in [0.1, 0.15) is 93.6 Å². The molecule has 4 saturated carbocycles. The number of pyridine rings is 1. The summed E-state index contributed by atoms with van der Waals surface area (Å²) in [6.45, 7) is 8.41. The fourth-order valence-electron chi connectivity index (χ4n) is 12.0. The number of aryl methyl sites for hydroxylation is 1. The second-order valence-corrected chi connectivity index (χ2v) is 18.5. The van der Waals surface area contributed by atoms with Crippen LogP contribution in [0.4, 0.5) is 10.1 Å². The summed E-state index contributed by atoms with van der Waals surface area (Å²) in [5, 5.41) is 23.9. The largest absolute Gasteiger partial charge is 0.519 e. The fraction of sp³-hybridized carbons (Fsp3) is 0.578. The topological polar surface area (TPSA) is 182 Å². The van der Waals surface area contributed by atoms with Gasteiger partial charge >= 0.3 is 11.8 Å². The molecule has 5 fully saturated rings. The zero-order valence-electron chi connectivity index (χ0n) is 34.6. The molecule has 5 aliphatic carbocycles. The third-order valence-electron chi connectivity index (χ3n) is 15.3. The van der Waals surface area contributed by atoms with Crippen LogP contribution in [0.15, 0.2) is 54.5 Å². The quantitative estimate of drug-likeness (QED) is 0.282. The monoisotopic (exact) mass is 829 g/mol. The number of methoxy groups -OCH3 is 1. The summed E-state index contributed by atoms with van der Waals surface area (Å²) >= 11 is 0. The first-order valence-electron chi connectivity index (χ1n) is 21.1. The van der Waals surface area contributed by atoms with Gasteiger partial charge in [0.25, 0.3) is 0 Å². The van der Waals surface area contributed by atoms with E-state index >= 15 is 4.39 Å². The van der Waals surface area contributed by atoms with Gasteiger partial charge in [0.2, 0.25) is 11.2 Å². The summed E-state index contributed by atoms with van der Waals surface area (Å²) < 4.78 is 39.8. The van der Waals surface area contributed by atoms with Gasteiger partial charge < -0.3 is 38.0 Å². The molecule has 6 aliphatic rings. The molecule has 60 heavy (non-hydrogen) atoms. The van der Waals surface area contributed by atoms with Crippen molar-refractivity contribution in [2.45, 2.75) is 103 Å². The van der Waals surface area contributed by atoms with Crippen LogP contribution in [0, 0.1) is 41.3 Å². The number of Topliss-reactive ketones (excluding diaryl/α,β-unsaturated/α-hetero) is 1. The Hall–Kier alpha value is -4.86. The van der Waals surface area contributed by atoms with E-state index in [0.717, 1.165) is 30.9 Å². The van der Waals surface area contributed by atoms with Gasteiger partial charge in [0.1, 0.15) is 22.6 Å². The molecule has 1 aliphatic heterocycles. The van der Waals surface area contributed by atoms with E-state index in [-0.39, 0.29) is 70.8 Å². The lowest BCUT2D eigenvalue weighted by atomic mass is 9.46. The number of anilines is 1. The number of hydrogen-bond acceptors (Lipinski definition) is 13. The minimum Gasteiger partial charge on any atom is -0.492 e. The van der Waals surface area contributed by atoms with Crippen LogP contribution in [0.5, 0.6) is 5.75 Å². The lowest BCUT2D eigenvalue weighted by Gasteiger charge is -2.59. The smallest absolute Gasteiger partial charge is 0.492 e. The molecule has 2 N–H and O–H groups in total. The lowest BCUT2D eigenvalue weighted by Crippen LogP contribution is -2.61. The van der Waals surface area contributed by atoms with Crippen molar-refractivity contribution in [2.75, 3.05) is 38.3 Å². The molecule has 15 heteroatoms. The molecule has 14 nitrogen and oxygen atoms in total. The minimum absolute atomic E-state index is 0.00462. The molecule has 3 heterocycles. The Kier molecular flexibility index (Phi) is 9.71. The molecule has 0 radical (unpaired) electrons. The molecule has 8 atom stereocenters. The molecule has 9 rings (SSSR count). The van der Waals surface area contributed by atoms with Crippen molar-refractivity contribution >= 4 is 34.1 Å². The number of piperazine rings is 1.